The normalized spacial score (nSPS) is 10.4. The Balaban J connectivity index is 2.26. The van der Waals surface area contributed by atoms with Crippen molar-refractivity contribution in [2.75, 3.05) is 12.4 Å². The van der Waals surface area contributed by atoms with Crippen LogP contribution in [0.5, 0.6) is 0 Å². The molecule has 0 atom stereocenters. The minimum absolute atomic E-state index is 0.552. The first-order valence-corrected chi connectivity index (χ1v) is 6.17. The molecule has 0 bridgehead atoms. The zero-order chi connectivity index (χ0) is 11.5. The van der Waals surface area contributed by atoms with Crippen molar-refractivity contribution in [3.8, 4) is 0 Å². The molecule has 2 rings (SSSR count). The molecule has 1 N–H and O–H groups in total. The zero-order valence-corrected chi connectivity index (χ0v) is 10.8. The van der Waals surface area contributed by atoms with Crippen LogP contribution in [0, 0.1) is 0 Å². The number of nitrogens with zero attached hydrogens (tertiary/aromatic N) is 2. The smallest absolute Gasteiger partial charge is 0.202 e. The Hall–Kier alpha value is -0.840. The maximum atomic E-state index is 6.07. The van der Waals surface area contributed by atoms with Crippen LogP contribution < -0.4 is 5.32 Å². The molecule has 3 nitrogen and oxygen atoms in total. The van der Waals surface area contributed by atoms with Crippen molar-refractivity contribution in [2.45, 2.75) is 6.42 Å². The average molecular weight is 274 g/mol. The third kappa shape index (κ3) is 2.45. The molecule has 0 fully saturated rings. The van der Waals surface area contributed by atoms with Crippen LogP contribution in [-0.2, 0) is 6.42 Å². The number of halogens is 2. The molecule has 0 saturated carbocycles. The highest BCUT2D eigenvalue weighted by atomic mass is 35.5. The van der Waals surface area contributed by atoms with Gasteiger partial charge in [-0.2, -0.15) is 4.37 Å². The number of anilines is 1. The molecule has 0 unspecified atom stereocenters. The van der Waals surface area contributed by atoms with Crippen LogP contribution in [0.1, 0.15) is 11.4 Å². The highest BCUT2D eigenvalue weighted by Crippen LogP contribution is 2.26. The Morgan fingerprint density at radius 2 is 2.00 bits per heavy atom. The summed E-state index contributed by atoms with van der Waals surface area (Å²) in [5, 5.41) is 5.02. The summed E-state index contributed by atoms with van der Waals surface area (Å²) in [7, 11) is 1.81. The standard InChI is InChI=1S/C10H9Cl2N3S/c1-13-10-14-9(15-16-10)5-6-7(11)3-2-4-8(6)12/h2-4H,5H2,1H3,(H,13,14,15). The first-order chi connectivity index (χ1) is 7.70. The van der Waals surface area contributed by atoms with Gasteiger partial charge in [0.1, 0.15) is 5.82 Å². The van der Waals surface area contributed by atoms with Crippen molar-refractivity contribution < 1.29 is 0 Å². The van der Waals surface area contributed by atoms with Gasteiger partial charge in [0.15, 0.2) is 0 Å². The van der Waals surface area contributed by atoms with E-state index in [1.807, 2.05) is 25.2 Å². The number of nitrogens with one attached hydrogen (secondary N) is 1. The predicted octanol–water partition coefficient (Wildman–Crippen LogP) is 3.48. The van der Waals surface area contributed by atoms with Gasteiger partial charge in [-0.05, 0) is 17.7 Å². The van der Waals surface area contributed by atoms with Crippen molar-refractivity contribution in [1.82, 2.24) is 9.36 Å². The van der Waals surface area contributed by atoms with Crippen LogP contribution in [0.2, 0.25) is 10.0 Å². The van der Waals surface area contributed by atoms with Gasteiger partial charge in [-0.1, -0.05) is 29.3 Å². The lowest BCUT2D eigenvalue weighted by molar-refractivity contribution is 1.04. The number of rotatable bonds is 3. The van der Waals surface area contributed by atoms with Gasteiger partial charge >= 0.3 is 0 Å². The van der Waals surface area contributed by atoms with Gasteiger partial charge in [0.2, 0.25) is 5.13 Å². The molecule has 0 amide bonds. The second kappa shape index (κ2) is 4.99. The summed E-state index contributed by atoms with van der Waals surface area (Å²) in [6.07, 6.45) is 0.552. The van der Waals surface area contributed by atoms with Gasteiger partial charge in [-0.3, -0.25) is 0 Å². The number of aromatic nitrogens is 2. The lowest BCUT2D eigenvalue weighted by Gasteiger charge is -2.03. The van der Waals surface area contributed by atoms with Crippen molar-refractivity contribution in [3.63, 3.8) is 0 Å². The third-order valence-corrected chi connectivity index (χ3v) is 3.56. The van der Waals surface area contributed by atoms with Crippen molar-refractivity contribution in [2.24, 2.45) is 0 Å². The maximum absolute atomic E-state index is 6.07. The van der Waals surface area contributed by atoms with Gasteiger partial charge in [0.05, 0.1) is 0 Å². The molecule has 1 heterocycles. The van der Waals surface area contributed by atoms with Gasteiger partial charge in [0.25, 0.3) is 0 Å². The molecule has 0 aliphatic heterocycles. The maximum Gasteiger partial charge on any atom is 0.202 e. The highest BCUT2D eigenvalue weighted by Gasteiger charge is 2.10. The second-order valence-corrected chi connectivity index (χ2v) is 4.71. The summed E-state index contributed by atoms with van der Waals surface area (Å²) in [5.41, 5.74) is 0.867. The average Bonchev–Trinajstić information content (AvgIpc) is 2.71. The summed E-state index contributed by atoms with van der Waals surface area (Å²) >= 11 is 13.5. The molecule has 1 aromatic carbocycles. The first-order valence-electron chi connectivity index (χ1n) is 4.64. The quantitative estimate of drug-likeness (QED) is 0.931. The first kappa shape index (κ1) is 11.6. The van der Waals surface area contributed by atoms with Gasteiger partial charge < -0.3 is 5.32 Å². The molecule has 16 heavy (non-hydrogen) atoms. The molecule has 6 heteroatoms. The molecular weight excluding hydrogens is 265 g/mol. The van der Waals surface area contributed by atoms with Crippen LogP contribution in [0.25, 0.3) is 0 Å². The van der Waals surface area contributed by atoms with Crippen molar-refractivity contribution in [1.29, 1.82) is 0 Å². The molecule has 0 radical (unpaired) electrons. The molecule has 84 valence electrons. The molecule has 1 aromatic heterocycles. The van der Waals surface area contributed by atoms with Crippen LogP contribution in [-0.4, -0.2) is 16.4 Å². The molecule has 0 aliphatic carbocycles. The molecule has 0 saturated heterocycles. The van der Waals surface area contributed by atoms with Gasteiger partial charge in [-0.25, -0.2) is 4.98 Å². The van der Waals surface area contributed by atoms with E-state index in [0.29, 0.717) is 16.5 Å². The SMILES string of the molecule is CNc1nc(Cc2c(Cl)cccc2Cl)ns1. The fourth-order valence-corrected chi connectivity index (χ4v) is 2.35. The van der Waals surface area contributed by atoms with E-state index in [0.717, 1.165) is 16.5 Å². The van der Waals surface area contributed by atoms with Crippen LogP contribution in [0.3, 0.4) is 0 Å². The second-order valence-electron chi connectivity index (χ2n) is 3.14. The lowest BCUT2D eigenvalue weighted by Crippen LogP contribution is -1.94. The summed E-state index contributed by atoms with van der Waals surface area (Å²) in [6, 6.07) is 5.45. The van der Waals surface area contributed by atoms with E-state index in [9.17, 15) is 0 Å². The van der Waals surface area contributed by atoms with Crippen LogP contribution in [0.4, 0.5) is 5.13 Å². The minimum atomic E-state index is 0.552. The Morgan fingerprint density at radius 3 is 2.56 bits per heavy atom. The zero-order valence-electron chi connectivity index (χ0n) is 8.50. The van der Waals surface area contributed by atoms with E-state index in [1.54, 1.807) is 0 Å². The molecule has 2 aromatic rings. The minimum Gasteiger partial charge on any atom is -0.363 e. The molecule has 0 spiro atoms. The topological polar surface area (TPSA) is 37.8 Å². The van der Waals surface area contributed by atoms with Crippen LogP contribution >= 0.6 is 34.7 Å². The summed E-state index contributed by atoms with van der Waals surface area (Å²) in [5.74, 6) is 0.726. The van der Waals surface area contributed by atoms with E-state index in [-0.39, 0.29) is 0 Å². The lowest BCUT2D eigenvalue weighted by atomic mass is 10.1. The largest absolute Gasteiger partial charge is 0.363 e. The van der Waals surface area contributed by atoms with Crippen LogP contribution in [0.15, 0.2) is 18.2 Å². The Labute approximate surface area is 108 Å². The van der Waals surface area contributed by atoms with E-state index < -0.39 is 0 Å². The fourth-order valence-electron chi connectivity index (χ4n) is 1.29. The Bertz CT molecular complexity index is 478. The summed E-state index contributed by atoms with van der Waals surface area (Å²) < 4.78 is 4.22. The third-order valence-electron chi connectivity index (χ3n) is 2.08. The highest BCUT2D eigenvalue weighted by molar-refractivity contribution is 7.09. The number of hydrogen-bond acceptors (Lipinski definition) is 4. The fraction of sp³-hybridized carbons (Fsp3) is 0.200. The van der Waals surface area contributed by atoms with Crippen molar-refractivity contribution in [3.05, 3.63) is 39.6 Å². The molecule has 0 aliphatic rings. The summed E-state index contributed by atoms with van der Waals surface area (Å²) in [4.78, 5) is 4.29. The van der Waals surface area contributed by atoms with Gasteiger partial charge in [0, 0.05) is 35.0 Å². The Kier molecular flexibility index (Phi) is 3.63. The predicted molar refractivity (Wildman–Crippen MR) is 68.7 cm³/mol. The Morgan fingerprint density at radius 1 is 1.31 bits per heavy atom. The van der Waals surface area contributed by atoms with Gasteiger partial charge in [-0.15, -0.1) is 0 Å². The molecular formula is C10H9Cl2N3S. The number of benzene rings is 1. The van der Waals surface area contributed by atoms with Crippen molar-refractivity contribution >= 4 is 39.9 Å². The monoisotopic (exact) mass is 273 g/mol. The summed E-state index contributed by atoms with van der Waals surface area (Å²) in [6.45, 7) is 0. The van der Waals surface area contributed by atoms with E-state index >= 15 is 0 Å². The van der Waals surface area contributed by atoms with E-state index in [1.165, 1.54) is 11.5 Å². The van der Waals surface area contributed by atoms with E-state index in [2.05, 4.69) is 14.7 Å². The number of hydrogen-bond donors (Lipinski definition) is 1. The van der Waals surface area contributed by atoms with E-state index in [4.69, 9.17) is 23.2 Å².